The van der Waals surface area contributed by atoms with Gasteiger partial charge in [-0.05, 0) is 48.9 Å². The van der Waals surface area contributed by atoms with E-state index >= 15 is 0 Å². The van der Waals surface area contributed by atoms with Gasteiger partial charge in [0.05, 0.1) is 17.2 Å². The van der Waals surface area contributed by atoms with E-state index in [1.165, 1.54) is 36.4 Å². The predicted molar refractivity (Wildman–Crippen MR) is 96.1 cm³/mol. The minimum absolute atomic E-state index is 0.126. The van der Waals surface area contributed by atoms with Crippen molar-refractivity contribution in [3.63, 3.8) is 0 Å². The zero-order chi connectivity index (χ0) is 19.3. The Morgan fingerprint density at radius 1 is 1.19 bits per heavy atom. The number of rotatable bonds is 8. The highest BCUT2D eigenvalue weighted by Crippen LogP contribution is 2.30. The maximum Gasteiger partial charge on any atom is 0.289 e. The molecule has 0 saturated carbocycles. The second kappa shape index (κ2) is 8.15. The summed E-state index contributed by atoms with van der Waals surface area (Å²) < 4.78 is 32.0. The van der Waals surface area contributed by atoms with Crippen molar-refractivity contribution >= 4 is 38.2 Å². The van der Waals surface area contributed by atoms with E-state index in [2.05, 4.69) is 0 Å². The third kappa shape index (κ3) is 4.30. The molecular formula is C16H15ClN2O6S. The molecule has 2 aromatic carbocycles. The second-order valence-electron chi connectivity index (χ2n) is 5.02. The lowest BCUT2D eigenvalue weighted by Gasteiger charge is -2.23. The molecule has 0 aliphatic carbocycles. The van der Waals surface area contributed by atoms with E-state index in [1.807, 2.05) is 0 Å². The molecule has 0 aliphatic heterocycles. The number of nitro groups is 1. The first-order valence-electron chi connectivity index (χ1n) is 7.44. The van der Waals surface area contributed by atoms with E-state index in [0.29, 0.717) is 12.4 Å². The van der Waals surface area contributed by atoms with Gasteiger partial charge in [-0.3, -0.25) is 19.2 Å². The molecule has 10 heteroatoms. The molecule has 2 aromatic rings. The van der Waals surface area contributed by atoms with E-state index in [9.17, 15) is 23.3 Å². The molecule has 8 nitrogen and oxygen atoms in total. The number of halogens is 1. The van der Waals surface area contributed by atoms with Crippen LogP contribution in [0.1, 0.15) is 6.92 Å². The Morgan fingerprint density at radius 2 is 1.81 bits per heavy atom. The number of hydrogen-bond donors (Lipinski definition) is 0. The number of benzene rings is 2. The van der Waals surface area contributed by atoms with Crippen LogP contribution in [-0.4, -0.2) is 31.7 Å². The number of nitro benzene ring substituents is 1. The first-order chi connectivity index (χ1) is 12.3. The van der Waals surface area contributed by atoms with Gasteiger partial charge < -0.3 is 4.74 Å². The predicted octanol–water partition coefficient (Wildman–Crippen LogP) is 2.95. The summed E-state index contributed by atoms with van der Waals surface area (Å²) in [6.45, 7) is 1.55. The van der Waals surface area contributed by atoms with Crippen molar-refractivity contribution in [3.05, 3.63) is 58.6 Å². The molecule has 138 valence electrons. The number of ether oxygens (including phenoxy) is 1. The summed E-state index contributed by atoms with van der Waals surface area (Å²) in [5.74, 6) is 0.511. The molecule has 0 atom stereocenters. The molecule has 0 bridgehead atoms. The van der Waals surface area contributed by atoms with Crippen molar-refractivity contribution in [1.82, 2.24) is 0 Å². The molecule has 2 rings (SSSR count). The standard InChI is InChI=1S/C16H15ClN2O6S/c1-2-25-13-9-7-12(8-10-13)18(11-16(17)20)26(23,24)15-6-4-3-5-14(15)19(21)22/h3-10H,2,11H2,1H3. The van der Waals surface area contributed by atoms with Crippen molar-refractivity contribution in [2.45, 2.75) is 11.8 Å². The fraction of sp³-hybridized carbons (Fsp3) is 0.188. The van der Waals surface area contributed by atoms with E-state index < -0.39 is 37.3 Å². The Morgan fingerprint density at radius 3 is 2.35 bits per heavy atom. The van der Waals surface area contributed by atoms with Gasteiger partial charge >= 0.3 is 0 Å². The van der Waals surface area contributed by atoms with E-state index in [0.717, 1.165) is 16.4 Å². The molecule has 0 fully saturated rings. The minimum Gasteiger partial charge on any atom is -0.494 e. The summed E-state index contributed by atoms with van der Waals surface area (Å²) in [7, 11) is -4.40. The number of para-hydroxylation sites is 1. The topological polar surface area (TPSA) is 107 Å². The first kappa shape index (κ1) is 19.7. The smallest absolute Gasteiger partial charge is 0.289 e. The average Bonchev–Trinajstić information content (AvgIpc) is 2.60. The SMILES string of the molecule is CCOc1ccc(N(CC(=O)Cl)S(=O)(=O)c2ccccc2[N+](=O)[O-])cc1. The lowest BCUT2D eigenvalue weighted by molar-refractivity contribution is -0.387. The van der Waals surface area contributed by atoms with Crippen LogP contribution in [-0.2, 0) is 14.8 Å². The van der Waals surface area contributed by atoms with Gasteiger partial charge in [-0.15, -0.1) is 0 Å². The van der Waals surface area contributed by atoms with Crippen molar-refractivity contribution in [3.8, 4) is 5.75 Å². The van der Waals surface area contributed by atoms with Crippen LogP contribution in [0.5, 0.6) is 5.75 Å². The maximum absolute atomic E-state index is 13.0. The molecule has 0 unspecified atom stereocenters. The fourth-order valence-electron chi connectivity index (χ4n) is 2.25. The third-order valence-corrected chi connectivity index (χ3v) is 5.27. The number of sulfonamides is 1. The summed E-state index contributed by atoms with van der Waals surface area (Å²) in [5, 5.41) is 10.2. The van der Waals surface area contributed by atoms with Gasteiger partial charge in [-0.2, -0.15) is 0 Å². The van der Waals surface area contributed by atoms with Crippen LogP contribution in [0.4, 0.5) is 11.4 Å². The van der Waals surface area contributed by atoms with Crippen LogP contribution < -0.4 is 9.04 Å². The van der Waals surface area contributed by atoms with Crippen LogP contribution in [0.25, 0.3) is 0 Å². The highest BCUT2D eigenvalue weighted by molar-refractivity contribution is 7.93. The third-order valence-electron chi connectivity index (χ3n) is 3.33. The van der Waals surface area contributed by atoms with Gasteiger partial charge in [0.1, 0.15) is 12.3 Å². The lowest BCUT2D eigenvalue weighted by Crippen LogP contribution is -2.34. The Labute approximate surface area is 155 Å². The maximum atomic E-state index is 13.0. The summed E-state index contributed by atoms with van der Waals surface area (Å²) in [6.07, 6.45) is 0. The van der Waals surface area contributed by atoms with E-state index in [-0.39, 0.29) is 5.69 Å². The number of carbonyl (C=O) groups excluding carboxylic acids is 1. The second-order valence-corrected chi connectivity index (χ2v) is 7.27. The Kier molecular flexibility index (Phi) is 6.17. The molecule has 0 aliphatic rings. The van der Waals surface area contributed by atoms with Crippen molar-refractivity contribution in [2.75, 3.05) is 17.5 Å². The van der Waals surface area contributed by atoms with Crippen LogP contribution in [0.15, 0.2) is 53.4 Å². The van der Waals surface area contributed by atoms with Crippen LogP contribution in [0, 0.1) is 10.1 Å². The summed E-state index contributed by atoms with van der Waals surface area (Å²) in [4.78, 5) is 21.2. The summed E-state index contributed by atoms with van der Waals surface area (Å²) >= 11 is 5.40. The summed E-state index contributed by atoms with van der Waals surface area (Å²) in [6, 6.07) is 10.8. The molecule has 0 N–H and O–H groups in total. The van der Waals surface area contributed by atoms with E-state index in [4.69, 9.17) is 16.3 Å². The van der Waals surface area contributed by atoms with Gasteiger partial charge in [-0.1, -0.05) is 12.1 Å². The molecule has 0 saturated heterocycles. The molecule has 0 radical (unpaired) electrons. The molecule has 0 aromatic heterocycles. The van der Waals surface area contributed by atoms with Gasteiger partial charge in [0.15, 0.2) is 4.90 Å². The molecule has 0 amide bonds. The zero-order valence-electron chi connectivity index (χ0n) is 13.7. The Balaban J connectivity index is 2.55. The van der Waals surface area contributed by atoms with E-state index in [1.54, 1.807) is 6.92 Å². The highest BCUT2D eigenvalue weighted by Gasteiger charge is 2.32. The van der Waals surface area contributed by atoms with Crippen LogP contribution in [0.2, 0.25) is 0 Å². The van der Waals surface area contributed by atoms with Gasteiger partial charge in [0, 0.05) is 6.07 Å². The minimum atomic E-state index is -4.40. The average molecular weight is 399 g/mol. The normalized spacial score (nSPS) is 11.0. The number of nitrogens with zero attached hydrogens (tertiary/aromatic N) is 2. The molecule has 0 heterocycles. The fourth-order valence-corrected chi connectivity index (χ4v) is 4.02. The van der Waals surface area contributed by atoms with Crippen LogP contribution in [0.3, 0.4) is 0 Å². The number of carbonyl (C=O) groups is 1. The Hall–Kier alpha value is -2.65. The Bertz CT molecular complexity index is 915. The number of hydrogen-bond acceptors (Lipinski definition) is 6. The lowest BCUT2D eigenvalue weighted by atomic mass is 10.3. The van der Waals surface area contributed by atoms with Gasteiger partial charge in [0.2, 0.25) is 5.24 Å². The van der Waals surface area contributed by atoms with Crippen molar-refractivity contribution in [2.24, 2.45) is 0 Å². The zero-order valence-corrected chi connectivity index (χ0v) is 15.2. The molecular weight excluding hydrogens is 384 g/mol. The molecule has 0 spiro atoms. The first-order valence-corrected chi connectivity index (χ1v) is 9.26. The monoisotopic (exact) mass is 398 g/mol. The van der Waals surface area contributed by atoms with Crippen LogP contribution >= 0.6 is 11.6 Å². The highest BCUT2D eigenvalue weighted by atomic mass is 35.5. The quantitative estimate of drug-likeness (QED) is 0.384. The largest absolute Gasteiger partial charge is 0.494 e. The summed E-state index contributed by atoms with van der Waals surface area (Å²) in [5.41, 5.74) is -0.467. The number of anilines is 1. The van der Waals surface area contributed by atoms with Crippen molar-refractivity contribution < 1.29 is 22.9 Å². The van der Waals surface area contributed by atoms with Crippen molar-refractivity contribution in [1.29, 1.82) is 0 Å². The van der Waals surface area contributed by atoms with Gasteiger partial charge in [0.25, 0.3) is 15.7 Å². The van der Waals surface area contributed by atoms with Gasteiger partial charge in [-0.25, -0.2) is 8.42 Å². The molecule has 26 heavy (non-hydrogen) atoms.